The van der Waals surface area contributed by atoms with Crippen molar-refractivity contribution in [3.63, 3.8) is 0 Å². The Morgan fingerprint density at radius 3 is 2.80 bits per heavy atom. The lowest BCUT2D eigenvalue weighted by molar-refractivity contribution is -0.119. The summed E-state index contributed by atoms with van der Waals surface area (Å²) >= 11 is 4.54. The molecule has 0 atom stereocenters. The van der Waals surface area contributed by atoms with E-state index < -0.39 is 0 Å². The van der Waals surface area contributed by atoms with E-state index in [1.165, 1.54) is 34.9 Å². The van der Waals surface area contributed by atoms with Crippen molar-refractivity contribution in [2.24, 2.45) is 0 Å². The fraction of sp³-hybridized carbons (Fsp3) is 0.294. The largest absolute Gasteiger partial charge is 0.351 e. The first kappa shape index (κ1) is 18.0. The Morgan fingerprint density at radius 2 is 2.04 bits per heavy atom. The molecule has 0 fully saturated rings. The minimum absolute atomic E-state index is 0.0711. The third-order valence-electron chi connectivity index (χ3n) is 3.48. The van der Waals surface area contributed by atoms with Crippen LogP contribution in [0, 0.1) is 0 Å². The topological polar surface area (TPSA) is 72.0 Å². The summed E-state index contributed by atoms with van der Waals surface area (Å²) in [5.41, 5.74) is 0. The van der Waals surface area contributed by atoms with E-state index >= 15 is 0 Å². The van der Waals surface area contributed by atoms with Gasteiger partial charge in [-0.25, -0.2) is 9.97 Å². The van der Waals surface area contributed by atoms with Gasteiger partial charge in [-0.2, -0.15) is 0 Å². The SMILES string of the molecule is CCc1cc2c(SCC(=O)c3ccc(CNC(C)=O)s3)ncnc2s1. The molecule has 130 valence electrons. The fourth-order valence-corrected chi connectivity index (χ4v) is 5.04. The Bertz CT molecular complexity index is 917. The zero-order valence-electron chi connectivity index (χ0n) is 13.9. The van der Waals surface area contributed by atoms with E-state index in [9.17, 15) is 9.59 Å². The molecule has 3 heterocycles. The van der Waals surface area contributed by atoms with Crippen LogP contribution < -0.4 is 5.32 Å². The monoisotopic (exact) mass is 391 g/mol. The molecule has 1 amide bonds. The molecule has 0 radical (unpaired) electrons. The Balaban J connectivity index is 1.66. The van der Waals surface area contributed by atoms with Crippen molar-refractivity contribution in [1.29, 1.82) is 0 Å². The molecule has 3 rings (SSSR count). The molecule has 3 aromatic rings. The molecule has 0 aromatic carbocycles. The maximum absolute atomic E-state index is 12.4. The smallest absolute Gasteiger partial charge is 0.217 e. The van der Waals surface area contributed by atoms with Crippen LogP contribution in [-0.4, -0.2) is 27.4 Å². The summed E-state index contributed by atoms with van der Waals surface area (Å²) in [6.07, 6.45) is 2.53. The summed E-state index contributed by atoms with van der Waals surface area (Å²) in [5, 5.41) is 4.62. The van der Waals surface area contributed by atoms with Crippen LogP contribution in [0.15, 0.2) is 29.6 Å². The van der Waals surface area contributed by atoms with E-state index in [0.29, 0.717) is 17.2 Å². The second kappa shape index (κ2) is 8.07. The van der Waals surface area contributed by atoms with E-state index in [-0.39, 0.29) is 11.7 Å². The number of nitrogens with one attached hydrogen (secondary N) is 1. The number of thioether (sulfide) groups is 1. The van der Waals surface area contributed by atoms with Crippen LogP contribution in [-0.2, 0) is 17.8 Å². The summed E-state index contributed by atoms with van der Waals surface area (Å²) in [7, 11) is 0. The number of ketones is 1. The van der Waals surface area contributed by atoms with E-state index in [2.05, 4.69) is 28.3 Å². The van der Waals surface area contributed by atoms with Crippen LogP contribution in [0.25, 0.3) is 10.2 Å². The summed E-state index contributed by atoms with van der Waals surface area (Å²) < 4.78 is 0. The summed E-state index contributed by atoms with van der Waals surface area (Å²) in [5.74, 6) is 0.331. The number of hydrogen-bond acceptors (Lipinski definition) is 7. The van der Waals surface area contributed by atoms with Gasteiger partial charge in [0.25, 0.3) is 0 Å². The fourth-order valence-electron chi connectivity index (χ4n) is 2.21. The Labute approximate surface area is 157 Å². The minimum atomic E-state index is -0.0770. The number of aromatic nitrogens is 2. The van der Waals surface area contributed by atoms with Crippen molar-refractivity contribution in [2.75, 3.05) is 5.75 Å². The predicted octanol–water partition coefficient (Wildman–Crippen LogP) is 3.93. The number of hydrogen-bond donors (Lipinski definition) is 1. The van der Waals surface area contributed by atoms with Crippen molar-refractivity contribution >= 4 is 56.3 Å². The van der Waals surface area contributed by atoms with E-state index in [1.807, 2.05) is 12.1 Å². The molecule has 25 heavy (non-hydrogen) atoms. The Hall–Kier alpha value is -1.77. The zero-order chi connectivity index (χ0) is 17.8. The van der Waals surface area contributed by atoms with Gasteiger partial charge in [-0.05, 0) is 24.6 Å². The number of thiophene rings is 2. The normalized spacial score (nSPS) is 11.0. The van der Waals surface area contributed by atoms with Crippen LogP contribution in [0.5, 0.6) is 0 Å². The second-order valence-electron chi connectivity index (χ2n) is 5.35. The van der Waals surface area contributed by atoms with Gasteiger partial charge < -0.3 is 5.32 Å². The van der Waals surface area contributed by atoms with Gasteiger partial charge in [0.1, 0.15) is 16.2 Å². The molecule has 0 aliphatic rings. The standard InChI is InChI=1S/C17H17N3O2S3/c1-3-11-6-13-16(19-9-20-17(13)25-11)23-8-14(22)15-5-4-12(24-15)7-18-10(2)21/h4-6,9H,3,7-8H2,1-2H3,(H,18,21). The lowest BCUT2D eigenvalue weighted by Crippen LogP contribution is -2.18. The second-order valence-corrected chi connectivity index (χ2v) is 8.60. The van der Waals surface area contributed by atoms with Crippen molar-refractivity contribution in [3.8, 4) is 0 Å². The van der Waals surface area contributed by atoms with Crippen LogP contribution >= 0.6 is 34.4 Å². The average Bonchev–Trinajstić information content (AvgIpc) is 3.24. The van der Waals surface area contributed by atoms with E-state index in [0.717, 1.165) is 26.5 Å². The number of aryl methyl sites for hydroxylation is 1. The number of carbonyl (C=O) groups excluding carboxylic acids is 2. The molecule has 1 N–H and O–H groups in total. The molecule has 5 nitrogen and oxygen atoms in total. The highest BCUT2D eigenvalue weighted by Crippen LogP contribution is 2.31. The third kappa shape index (κ3) is 4.45. The lowest BCUT2D eigenvalue weighted by atomic mass is 10.3. The van der Waals surface area contributed by atoms with Crippen LogP contribution in [0.3, 0.4) is 0 Å². The highest BCUT2D eigenvalue weighted by molar-refractivity contribution is 8.00. The molecule has 0 unspecified atom stereocenters. The van der Waals surface area contributed by atoms with Crippen molar-refractivity contribution < 1.29 is 9.59 Å². The van der Waals surface area contributed by atoms with E-state index in [1.54, 1.807) is 17.7 Å². The molecule has 0 aliphatic carbocycles. The van der Waals surface area contributed by atoms with Gasteiger partial charge in [0.05, 0.1) is 17.2 Å². The van der Waals surface area contributed by atoms with Gasteiger partial charge in [0.15, 0.2) is 5.78 Å². The quantitative estimate of drug-likeness (QED) is 0.375. The summed E-state index contributed by atoms with van der Waals surface area (Å²) in [6.45, 7) is 4.05. The third-order valence-corrected chi connectivity index (χ3v) is 6.80. The number of carbonyl (C=O) groups is 2. The highest BCUT2D eigenvalue weighted by atomic mass is 32.2. The zero-order valence-corrected chi connectivity index (χ0v) is 16.3. The number of amides is 1. The van der Waals surface area contributed by atoms with Gasteiger partial charge in [0.2, 0.25) is 5.91 Å². The first-order chi connectivity index (χ1) is 12.1. The van der Waals surface area contributed by atoms with Gasteiger partial charge in [-0.1, -0.05) is 18.7 Å². The molecule has 0 saturated carbocycles. The van der Waals surface area contributed by atoms with Gasteiger partial charge >= 0.3 is 0 Å². The van der Waals surface area contributed by atoms with Gasteiger partial charge in [0, 0.05) is 22.1 Å². The average molecular weight is 392 g/mol. The summed E-state index contributed by atoms with van der Waals surface area (Å²) in [4.78, 5) is 35.9. The maximum Gasteiger partial charge on any atom is 0.217 e. The predicted molar refractivity (Wildman–Crippen MR) is 104 cm³/mol. The lowest BCUT2D eigenvalue weighted by Gasteiger charge is -2.01. The first-order valence-corrected chi connectivity index (χ1v) is 10.4. The maximum atomic E-state index is 12.4. The Kier molecular flexibility index (Phi) is 5.82. The number of fused-ring (bicyclic) bond motifs is 1. The molecule has 8 heteroatoms. The molecule has 0 aliphatic heterocycles. The first-order valence-electron chi connectivity index (χ1n) is 7.79. The number of Topliss-reactive ketones (excluding diaryl/α,β-unsaturated/α-hetero) is 1. The molecular weight excluding hydrogens is 374 g/mol. The van der Waals surface area contributed by atoms with Crippen molar-refractivity contribution in [2.45, 2.75) is 31.8 Å². The summed E-state index contributed by atoms with van der Waals surface area (Å²) in [6, 6.07) is 5.82. The van der Waals surface area contributed by atoms with Gasteiger partial charge in [-0.15, -0.1) is 22.7 Å². The Morgan fingerprint density at radius 1 is 1.20 bits per heavy atom. The van der Waals surface area contributed by atoms with Crippen molar-refractivity contribution in [1.82, 2.24) is 15.3 Å². The molecular formula is C17H17N3O2S3. The van der Waals surface area contributed by atoms with Gasteiger partial charge in [-0.3, -0.25) is 9.59 Å². The molecule has 0 spiro atoms. The highest BCUT2D eigenvalue weighted by Gasteiger charge is 2.13. The number of rotatable bonds is 7. The van der Waals surface area contributed by atoms with Crippen LogP contribution in [0.4, 0.5) is 0 Å². The minimum Gasteiger partial charge on any atom is -0.351 e. The molecule has 3 aromatic heterocycles. The molecule has 0 bridgehead atoms. The van der Waals surface area contributed by atoms with Crippen LogP contribution in [0.1, 0.15) is 33.3 Å². The van der Waals surface area contributed by atoms with Crippen molar-refractivity contribution in [3.05, 3.63) is 39.2 Å². The van der Waals surface area contributed by atoms with Crippen LogP contribution in [0.2, 0.25) is 0 Å². The number of nitrogens with zero attached hydrogens (tertiary/aromatic N) is 2. The molecule has 0 saturated heterocycles. The van der Waals surface area contributed by atoms with E-state index in [4.69, 9.17) is 0 Å².